The Hall–Kier alpha value is -1.40. The van der Waals surface area contributed by atoms with Crippen LogP contribution in [-0.2, 0) is 4.74 Å². The summed E-state index contributed by atoms with van der Waals surface area (Å²) >= 11 is 5.70. The summed E-state index contributed by atoms with van der Waals surface area (Å²) in [4.78, 5) is 17.6. The van der Waals surface area contributed by atoms with Crippen LogP contribution < -0.4 is 4.90 Å². The summed E-state index contributed by atoms with van der Waals surface area (Å²) in [5.74, 6) is 0.801. The van der Waals surface area contributed by atoms with Crippen LogP contribution in [0, 0.1) is 0 Å². The van der Waals surface area contributed by atoms with Gasteiger partial charge in [0.1, 0.15) is 5.52 Å². The molecule has 84 valence electrons. The third-order valence-electron chi connectivity index (χ3n) is 2.51. The standard InChI is InChI=1S/C9H10ClN5O/c10-8-11-5-6-7(13-8)14-9(12-6)15-1-3-16-4-2-15/h5H,1-4H2,(H,11,12,13,14). The molecule has 1 aliphatic rings. The fourth-order valence-corrected chi connectivity index (χ4v) is 1.83. The van der Waals surface area contributed by atoms with E-state index in [1.807, 2.05) is 0 Å². The van der Waals surface area contributed by atoms with E-state index in [1.165, 1.54) is 0 Å². The molecular weight excluding hydrogens is 230 g/mol. The van der Waals surface area contributed by atoms with E-state index in [0.29, 0.717) is 5.65 Å². The Morgan fingerprint density at radius 1 is 1.31 bits per heavy atom. The van der Waals surface area contributed by atoms with Gasteiger partial charge in [0.05, 0.1) is 19.4 Å². The normalized spacial score (nSPS) is 16.9. The molecule has 3 heterocycles. The lowest BCUT2D eigenvalue weighted by Crippen LogP contribution is -2.36. The quantitative estimate of drug-likeness (QED) is 0.747. The average molecular weight is 240 g/mol. The van der Waals surface area contributed by atoms with Crippen LogP contribution in [0.15, 0.2) is 6.20 Å². The minimum atomic E-state index is 0.215. The number of hydrogen-bond donors (Lipinski definition) is 1. The Morgan fingerprint density at radius 3 is 2.94 bits per heavy atom. The van der Waals surface area contributed by atoms with Crippen molar-refractivity contribution < 1.29 is 4.74 Å². The van der Waals surface area contributed by atoms with Crippen molar-refractivity contribution in [2.24, 2.45) is 0 Å². The minimum absolute atomic E-state index is 0.215. The van der Waals surface area contributed by atoms with Crippen molar-refractivity contribution in [3.05, 3.63) is 11.5 Å². The molecular formula is C9H10ClN5O. The Kier molecular flexibility index (Phi) is 2.37. The lowest BCUT2D eigenvalue weighted by molar-refractivity contribution is 0.122. The highest BCUT2D eigenvalue weighted by Gasteiger charge is 2.15. The summed E-state index contributed by atoms with van der Waals surface area (Å²) in [6.07, 6.45) is 1.64. The van der Waals surface area contributed by atoms with Crippen LogP contribution in [0.3, 0.4) is 0 Å². The zero-order valence-electron chi connectivity index (χ0n) is 8.48. The van der Waals surface area contributed by atoms with Gasteiger partial charge in [0.25, 0.3) is 0 Å². The van der Waals surface area contributed by atoms with Gasteiger partial charge < -0.3 is 14.6 Å². The second-order valence-corrected chi connectivity index (χ2v) is 3.87. The number of fused-ring (bicyclic) bond motifs is 1. The van der Waals surface area contributed by atoms with Gasteiger partial charge in [-0.25, -0.2) is 4.98 Å². The molecule has 1 N–H and O–H groups in total. The number of hydrogen-bond acceptors (Lipinski definition) is 5. The highest BCUT2D eigenvalue weighted by molar-refractivity contribution is 6.28. The predicted molar refractivity (Wildman–Crippen MR) is 59.7 cm³/mol. The van der Waals surface area contributed by atoms with Gasteiger partial charge in [-0.15, -0.1) is 0 Å². The number of anilines is 1. The molecule has 2 aromatic rings. The van der Waals surface area contributed by atoms with E-state index in [1.54, 1.807) is 6.20 Å². The maximum Gasteiger partial charge on any atom is 0.224 e. The predicted octanol–water partition coefficient (Wildman–Crippen LogP) is 0.843. The van der Waals surface area contributed by atoms with Gasteiger partial charge in [0.15, 0.2) is 5.65 Å². The molecule has 0 spiro atoms. The van der Waals surface area contributed by atoms with Gasteiger partial charge in [0.2, 0.25) is 11.2 Å². The molecule has 1 aliphatic heterocycles. The summed E-state index contributed by atoms with van der Waals surface area (Å²) in [5, 5.41) is 0.215. The van der Waals surface area contributed by atoms with Gasteiger partial charge in [-0.05, 0) is 11.6 Å². The number of ether oxygens (including phenoxy) is 1. The Bertz CT molecular complexity index is 508. The monoisotopic (exact) mass is 239 g/mol. The van der Waals surface area contributed by atoms with Crippen LogP contribution in [-0.4, -0.2) is 46.2 Å². The van der Waals surface area contributed by atoms with E-state index >= 15 is 0 Å². The molecule has 0 saturated carbocycles. The van der Waals surface area contributed by atoms with Gasteiger partial charge in [-0.2, -0.15) is 9.97 Å². The highest BCUT2D eigenvalue weighted by atomic mass is 35.5. The highest BCUT2D eigenvalue weighted by Crippen LogP contribution is 2.17. The number of aromatic nitrogens is 4. The molecule has 2 aromatic heterocycles. The molecule has 7 heteroatoms. The molecule has 0 radical (unpaired) electrons. The van der Waals surface area contributed by atoms with E-state index in [0.717, 1.165) is 37.8 Å². The SMILES string of the molecule is Clc1ncc2[nH]c(N3CCOCC3)nc2n1. The lowest BCUT2D eigenvalue weighted by atomic mass is 10.4. The van der Waals surface area contributed by atoms with Gasteiger partial charge >= 0.3 is 0 Å². The summed E-state index contributed by atoms with van der Waals surface area (Å²) in [6.45, 7) is 3.12. The summed E-state index contributed by atoms with van der Waals surface area (Å²) in [7, 11) is 0. The Balaban J connectivity index is 1.97. The van der Waals surface area contributed by atoms with Crippen molar-refractivity contribution >= 4 is 28.7 Å². The van der Waals surface area contributed by atoms with Crippen LogP contribution in [0.2, 0.25) is 5.28 Å². The molecule has 16 heavy (non-hydrogen) atoms. The molecule has 0 bridgehead atoms. The first-order valence-electron chi connectivity index (χ1n) is 5.04. The third kappa shape index (κ3) is 1.70. The number of nitrogens with one attached hydrogen (secondary N) is 1. The van der Waals surface area contributed by atoms with E-state index in [4.69, 9.17) is 16.3 Å². The molecule has 0 aliphatic carbocycles. The van der Waals surface area contributed by atoms with Crippen molar-refractivity contribution in [2.75, 3.05) is 31.2 Å². The van der Waals surface area contributed by atoms with Gasteiger partial charge in [-0.3, -0.25) is 0 Å². The largest absolute Gasteiger partial charge is 0.378 e. The van der Waals surface area contributed by atoms with Crippen LogP contribution in [0.5, 0.6) is 0 Å². The summed E-state index contributed by atoms with van der Waals surface area (Å²) < 4.78 is 5.28. The smallest absolute Gasteiger partial charge is 0.224 e. The van der Waals surface area contributed by atoms with Crippen LogP contribution in [0.25, 0.3) is 11.2 Å². The first-order valence-corrected chi connectivity index (χ1v) is 5.42. The number of rotatable bonds is 1. The van der Waals surface area contributed by atoms with Crippen molar-refractivity contribution in [3.8, 4) is 0 Å². The summed E-state index contributed by atoms with van der Waals surface area (Å²) in [5.41, 5.74) is 1.40. The van der Waals surface area contributed by atoms with Crippen molar-refractivity contribution in [2.45, 2.75) is 0 Å². The number of nitrogens with zero attached hydrogens (tertiary/aromatic N) is 4. The van der Waals surface area contributed by atoms with E-state index in [-0.39, 0.29) is 5.28 Å². The molecule has 3 rings (SSSR count). The number of morpholine rings is 1. The van der Waals surface area contributed by atoms with E-state index < -0.39 is 0 Å². The number of H-pyrrole nitrogens is 1. The van der Waals surface area contributed by atoms with Gasteiger partial charge in [-0.1, -0.05) is 0 Å². The van der Waals surface area contributed by atoms with E-state index in [2.05, 4.69) is 24.8 Å². The lowest BCUT2D eigenvalue weighted by Gasteiger charge is -2.25. The van der Waals surface area contributed by atoms with Crippen LogP contribution >= 0.6 is 11.6 Å². The van der Waals surface area contributed by atoms with E-state index in [9.17, 15) is 0 Å². The number of halogens is 1. The molecule has 1 fully saturated rings. The topological polar surface area (TPSA) is 66.9 Å². The van der Waals surface area contributed by atoms with Gasteiger partial charge in [0, 0.05) is 13.1 Å². The van der Waals surface area contributed by atoms with Crippen LogP contribution in [0.4, 0.5) is 5.95 Å². The fraction of sp³-hybridized carbons (Fsp3) is 0.444. The molecule has 0 atom stereocenters. The average Bonchev–Trinajstić information content (AvgIpc) is 2.73. The Morgan fingerprint density at radius 2 is 2.12 bits per heavy atom. The van der Waals surface area contributed by atoms with Crippen molar-refractivity contribution in [3.63, 3.8) is 0 Å². The maximum atomic E-state index is 5.70. The zero-order valence-corrected chi connectivity index (χ0v) is 9.24. The molecule has 6 nitrogen and oxygen atoms in total. The first kappa shape index (κ1) is 9.80. The Labute approximate surface area is 96.6 Å². The number of aromatic amines is 1. The van der Waals surface area contributed by atoms with Crippen LogP contribution in [0.1, 0.15) is 0 Å². The summed E-state index contributed by atoms with van der Waals surface area (Å²) in [6, 6.07) is 0. The maximum absolute atomic E-state index is 5.70. The van der Waals surface area contributed by atoms with Crippen molar-refractivity contribution in [1.82, 2.24) is 19.9 Å². The minimum Gasteiger partial charge on any atom is -0.378 e. The second kappa shape index (κ2) is 3.88. The second-order valence-electron chi connectivity index (χ2n) is 3.54. The molecule has 0 amide bonds. The first-order chi connectivity index (χ1) is 7.83. The third-order valence-corrected chi connectivity index (χ3v) is 2.69. The van der Waals surface area contributed by atoms with Crippen molar-refractivity contribution in [1.29, 1.82) is 0 Å². The molecule has 0 unspecified atom stereocenters. The molecule has 0 aromatic carbocycles. The molecule has 1 saturated heterocycles. The zero-order chi connectivity index (χ0) is 11.0. The fourth-order valence-electron chi connectivity index (χ4n) is 1.70. The number of imidazole rings is 1.